The van der Waals surface area contributed by atoms with Crippen LogP contribution in [-0.4, -0.2) is 16.4 Å². The van der Waals surface area contributed by atoms with Crippen LogP contribution in [0.25, 0.3) is 10.9 Å². The normalized spacial score (nSPS) is 14.2. The molecule has 1 aliphatic rings. The molecular formula is C27H31NO2. The average molecular weight is 402 g/mol. The molecule has 1 heterocycles. The average Bonchev–Trinajstić information content (AvgIpc) is 3.52. The number of Topliss-reactive ketones (excluding diaryl/α,β-unsaturated/α-hetero) is 1. The maximum atomic E-state index is 13.2. The van der Waals surface area contributed by atoms with Crippen molar-refractivity contribution in [2.45, 2.75) is 71.8 Å². The number of benzene rings is 2. The van der Waals surface area contributed by atoms with Crippen LogP contribution in [0.2, 0.25) is 0 Å². The summed E-state index contributed by atoms with van der Waals surface area (Å²) in [5.74, 6) is 1.60. The topological polar surface area (TPSA) is 39.2 Å². The van der Waals surface area contributed by atoms with Gasteiger partial charge in [-0.3, -0.25) is 9.78 Å². The molecule has 0 atom stereocenters. The number of ether oxygens (including phenoxy) is 1. The fraction of sp³-hybridized carbons (Fsp3) is 0.407. The molecule has 1 aliphatic carbocycles. The predicted octanol–water partition coefficient (Wildman–Crippen LogP) is 6.72. The van der Waals surface area contributed by atoms with Crippen molar-refractivity contribution in [3.63, 3.8) is 0 Å². The van der Waals surface area contributed by atoms with Gasteiger partial charge in [0.05, 0.1) is 11.2 Å². The molecule has 1 aromatic heterocycles. The number of carbonyl (C=O) groups is 1. The third kappa shape index (κ3) is 4.56. The highest BCUT2D eigenvalue weighted by Gasteiger charge is 2.30. The molecule has 1 fully saturated rings. The van der Waals surface area contributed by atoms with Crippen LogP contribution in [0, 0.1) is 13.8 Å². The number of pyridine rings is 1. The molecule has 3 heteroatoms. The minimum atomic E-state index is -0.227. The summed E-state index contributed by atoms with van der Waals surface area (Å²) in [6.07, 6.45) is 3.50. The number of nitrogens with zero attached hydrogens (tertiary/aromatic N) is 1. The smallest absolute Gasteiger partial charge is 0.165 e. The highest BCUT2D eigenvalue weighted by atomic mass is 16.5. The Morgan fingerprint density at radius 1 is 1.07 bits per heavy atom. The molecule has 30 heavy (non-hydrogen) atoms. The monoisotopic (exact) mass is 401 g/mol. The Morgan fingerprint density at radius 3 is 2.37 bits per heavy atom. The largest absolute Gasteiger partial charge is 0.488 e. The van der Waals surface area contributed by atoms with Gasteiger partial charge in [0, 0.05) is 23.3 Å². The van der Waals surface area contributed by atoms with Gasteiger partial charge < -0.3 is 4.74 Å². The Labute approximate surface area is 179 Å². The second kappa shape index (κ2) is 7.86. The second-order valence-electron chi connectivity index (χ2n) is 9.58. The summed E-state index contributed by atoms with van der Waals surface area (Å²) in [6, 6.07) is 14.4. The molecule has 3 nitrogen and oxygen atoms in total. The van der Waals surface area contributed by atoms with Crippen LogP contribution in [0.1, 0.15) is 78.7 Å². The summed E-state index contributed by atoms with van der Waals surface area (Å²) in [5, 5.41) is 1.04. The van der Waals surface area contributed by atoms with Gasteiger partial charge in [0.1, 0.15) is 11.4 Å². The van der Waals surface area contributed by atoms with Gasteiger partial charge in [0.25, 0.3) is 0 Å². The summed E-state index contributed by atoms with van der Waals surface area (Å²) < 4.78 is 6.13. The number of hydrogen-bond donors (Lipinski definition) is 0. The van der Waals surface area contributed by atoms with E-state index in [9.17, 15) is 4.79 Å². The van der Waals surface area contributed by atoms with Crippen molar-refractivity contribution < 1.29 is 9.53 Å². The van der Waals surface area contributed by atoms with E-state index < -0.39 is 0 Å². The van der Waals surface area contributed by atoms with Crippen molar-refractivity contribution >= 4 is 16.7 Å². The zero-order valence-corrected chi connectivity index (χ0v) is 18.7. The molecule has 4 rings (SSSR count). The van der Waals surface area contributed by atoms with Crippen LogP contribution in [-0.2, 0) is 6.42 Å². The lowest BCUT2D eigenvalue weighted by Crippen LogP contribution is -2.24. The minimum absolute atomic E-state index is 0.195. The van der Waals surface area contributed by atoms with E-state index in [1.54, 1.807) is 0 Å². The van der Waals surface area contributed by atoms with E-state index in [0.717, 1.165) is 58.3 Å². The lowest BCUT2D eigenvalue weighted by molar-refractivity contribution is 0.0981. The van der Waals surface area contributed by atoms with Crippen LogP contribution in [0.4, 0.5) is 0 Å². The number of aromatic nitrogens is 1. The van der Waals surface area contributed by atoms with Gasteiger partial charge in [0.2, 0.25) is 0 Å². The van der Waals surface area contributed by atoms with Crippen molar-refractivity contribution in [2.75, 3.05) is 0 Å². The summed E-state index contributed by atoms with van der Waals surface area (Å²) in [6.45, 7) is 10.4. The zero-order valence-electron chi connectivity index (χ0n) is 18.7. The van der Waals surface area contributed by atoms with Crippen LogP contribution >= 0.6 is 0 Å². The van der Waals surface area contributed by atoms with Crippen molar-refractivity contribution in [2.24, 2.45) is 0 Å². The Morgan fingerprint density at radius 2 is 1.73 bits per heavy atom. The maximum absolute atomic E-state index is 13.2. The molecule has 0 spiro atoms. The molecule has 156 valence electrons. The van der Waals surface area contributed by atoms with Crippen molar-refractivity contribution in [1.82, 2.24) is 4.98 Å². The molecule has 0 N–H and O–H groups in total. The minimum Gasteiger partial charge on any atom is -0.488 e. The van der Waals surface area contributed by atoms with Crippen LogP contribution in [0.5, 0.6) is 5.75 Å². The van der Waals surface area contributed by atoms with E-state index in [1.807, 2.05) is 24.3 Å². The number of rotatable bonds is 6. The predicted molar refractivity (Wildman–Crippen MR) is 123 cm³/mol. The fourth-order valence-electron chi connectivity index (χ4n) is 4.07. The summed E-state index contributed by atoms with van der Waals surface area (Å²) in [7, 11) is 0. The van der Waals surface area contributed by atoms with Crippen molar-refractivity contribution in [3.05, 3.63) is 70.4 Å². The number of carbonyl (C=O) groups excluding carboxylic acids is 1. The van der Waals surface area contributed by atoms with E-state index in [0.29, 0.717) is 12.3 Å². The highest BCUT2D eigenvalue weighted by Crippen LogP contribution is 2.41. The van der Waals surface area contributed by atoms with Gasteiger partial charge in [-0.15, -0.1) is 0 Å². The highest BCUT2D eigenvalue weighted by molar-refractivity contribution is 6.00. The number of ketones is 1. The SMILES string of the molecule is Cc1cc(CCC(=O)c2cc3ccccc3nc2C2CC2)cc(C)c1OC(C)(C)C. The first-order chi connectivity index (χ1) is 14.2. The van der Waals surface area contributed by atoms with Gasteiger partial charge in [-0.1, -0.05) is 30.3 Å². The summed E-state index contributed by atoms with van der Waals surface area (Å²) in [4.78, 5) is 18.0. The van der Waals surface area contributed by atoms with Crippen LogP contribution < -0.4 is 4.74 Å². The molecular weight excluding hydrogens is 370 g/mol. The Hall–Kier alpha value is -2.68. The molecule has 0 saturated heterocycles. The Bertz CT molecular complexity index is 1080. The van der Waals surface area contributed by atoms with E-state index in [4.69, 9.17) is 9.72 Å². The molecule has 0 aliphatic heterocycles. The van der Waals surface area contributed by atoms with Gasteiger partial charge in [-0.2, -0.15) is 0 Å². The molecule has 0 bridgehead atoms. The lowest BCUT2D eigenvalue weighted by atomic mass is 9.96. The second-order valence-corrected chi connectivity index (χ2v) is 9.58. The number of aryl methyl sites for hydroxylation is 3. The Kier molecular flexibility index (Phi) is 5.40. The zero-order chi connectivity index (χ0) is 21.5. The fourth-order valence-corrected chi connectivity index (χ4v) is 4.07. The summed E-state index contributed by atoms with van der Waals surface area (Å²) >= 11 is 0. The van der Waals surface area contributed by atoms with Crippen molar-refractivity contribution in [1.29, 1.82) is 0 Å². The molecule has 2 aromatic carbocycles. The number of fused-ring (bicyclic) bond motifs is 1. The third-order valence-electron chi connectivity index (χ3n) is 5.59. The van der Waals surface area contributed by atoms with Crippen LogP contribution in [0.15, 0.2) is 42.5 Å². The van der Waals surface area contributed by atoms with Gasteiger partial charge in [0.15, 0.2) is 5.78 Å². The molecule has 1 saturated carbocycles. The van der Waals surface area contributed by atoms with Gasteiger partial charge in [-0.05, 0) is 82.7 Å². The summed E-state index contributed by atoms with van der Waals surface area (Å²) in [5.41, 5.74) is 6.00. The number of hydrogen-bond acceptors (Lipinski definition) is 3. The molecule has 0 unspecified atom stereocenters. The maximum Gasteiger partial charge on any atom is 0.165 e. The van der Waals surface area contributed by atoms with Crippen molar-refractivity contribution in [3.8, 4) is 5.75 Å². The van der Waals surface area contributed by atoms with E-state index in [2.05, 4.69) is 52.8 Å². The Balaban J connectivity index is 1.55. The lowest BCUT2D eigenvalue weighted by Gasteiger charge is -2.24. The van der Waals surface area contributed by atoms with Gasteiger partial charge >= 0.3 is 0 Å². The quantitative estimate of drug-likeness (QED) is 0.430. The first-order valence-electron chi connectivity index (χ1n) is 10.9. The number of para-hydroxylation sites is 1. The molecule has 0 amide bonds. The van der Waals surface area contributed by atoms with E-state index in [1.165, 1.54) is 5.56 Å². The van der Waals surface area contributed by atoms with Gasteiger partial charge in [-0.25, -0.2) is 0 Å². The first-order valence-corrected chi connectivity index (χ1v) is 10.9. The molecule has 0 radical (unpaired) electrons. The third-order valence-corrected chi connectivity index (χ3v) is 5.59. The molecule has 3 aromatic rings. The first kappa shape index (κ1) is 20.6. The van der Waals surface area contributed by atoms with E-state index in [-0.39, 0.29) is 11.4 Å². The van der Waals surface area contributed by atoms with Crippen LogP contribution in [0.3, 0.4) is 0 Å². The standard InChI is InChI=1S/C27H31NO2/c1-17-14-19(15-18(2)26(17)30-27(3,4)5)10-13-24(29)22-16-21-8-6-7-9-23(21)28-25(22)20-11-12-20/h6-9,14-16,20H,10-13H2,1-5H3. The van der Waals surface area contributed by atoms with E-state index >= 15 is 0 Å².